The molecule has 0 aromatic rings. The summed E-state index contributed by atoms with van der Waals surface area (Å²) in [6.07, 6.45) is 7.45. The first-order valence-electron chi connectivity index (χ1n) is 13.9. The number of fused-ring (bicyclic) bond motifs is 5. The summed E-state index contributed by atoms with van der Waals surface area (Å²) >= 11 is 0. The van der Waals surface area contributed by atoms with E-state index < -0.39 is 23.5 Å². The Balaban J connectivity index is 1.57. The highest BCUT2D eigenvalue weighted by atomic mass is 19.3. The average molecular weight is 480 g/mol. The van der Waals surface area contributed by atoms with Crippen molar-refractivity contribution in [3.05, 3.63) is 0 Å². The van der Waals surface area contributed by atoms with Gasteiger partial charge in [0.2, 0.25) is 0 Å². The van der Waals surface area contributed by atoms with Crippen LogP contribution in [0.2, 0.25) is 0 Å². The molecule has 0 radical (unpaired) electrons. The third-order valence-corrected chi connectivity index (χ3v) is 11.5. The molecule has 5 heteroatoms. The summed E-state index contributed by atoms with van der Waals surface area (Å²) in [5.74, 6) is -2.89. The molecule has 2 N–H and O–H groups in total. The van der Waals surface area contributed by atoms with Crippen LogP contribution >= 0.6 is 0 Å². The minimum atomic E-state index is -2.73. The standard InChI is InChI=1S/C29H47F2NO2/c1-18(7-6-13-26(2,3)34)20-8-9-21-25-22(10-14-27(20,21)4)28(5)15-11-24(33)19(12-16-32)23(28)17-29(25,30)31/h18-25,33-34H,6-15,17H2,1-5H3/t18-,19?,20-,21+,22+,23+,24+,25+,27-,28-/m1/s1. The van der Waals surface area contributed by atoms with Crippen molar-refractivity contribution in [1.29, 1.82) is 5.26 Å². The Bertz CT molecular complexity index is 788. The highest BCUT2D eigenvalue weighted by Crippen LogP contribution is 2.71. The van der Waals surface area contributed by atoms with E-state index in [9.17, 15) is 15.5 Å². The zero-order valence-corrected chi connectivity index (χ0v) is 22.0. The Morgan fingerprint density at radius 1 is 1.03 bits per heavy atom. The molecular formula is C29H47F2NO2. The van der Waals surface area contributed by atoms with E-state index in [1.165, 1.54) is 0 Å². The first-order chi connectivity index (χ1) is 15.7. The minimum absolute atomic E-state index is 0.0164. The van der Waals surface area contributed by atoms with Crippen LogP contribution in [0.1, 0.15) is 105 Å². The van der Waals surface area contributed by atoms with Gasteiger partial charge in [-0.3, -0.25) is 0 Å². The van der Waals surface area contributed by atoms with Crippen LogP contribution in [-0.2, 0) is 0 Å². The molecule has 3 nitrogen and oxygen atoms in total. The largest absolute Gasteiger partial charge is 0.393 e. The molecule has 4 rings (SSSR count). The molecule has 4 aliphatic rings. The normalized spacial score (nSPS) is 46.6. The van der Waals surface area contributed by atoms with Crippen molar-refractivity contribution < 1.29 is 19.0 Å². The van der Waals surface area contributed by atoms with Gasteiger partial charge in [-0.1, -0.05) is 33.6 Å². The maximum atomic E-state index is 16.1. The van der Waals surface area contributed by atoms with E-state index in [1.807, 2.05) is 13.8 Å². The molecule has 0 aliphatic heterocycles. The first-order valence-corrected chi connectivity index (χ1v) is 13.9. The van der Waals surface area contributed by atoms with Crippen molar-refractivity contribution in [2.45, 2.75) is 123 Å². The van der Waals surface area contributed by atoms with Crippen LogP contribution in [0, 0.1) is 63.6 Å². The van der Waals surface area contributed by atoms with E-state index >= 15 is 8.78 Å². The van der Waals surface area contributed by atoms with Gasteiger partial charge in [-0.15, -0.1) is 0 Å². The van der Waals surface area contributed by atoms with Crippen LogP contribution in [-0.4, -0.2) is 27.8 Å². The number of nitriles is 1. The fourth-order valence-corrected chi connectivity index (χ4v) is 9.77. The Morgan fingerprint density at radius 3 is 2.32 bits per heavy atom. The molecule has 0 heterocycles. The third kappa shape index (κ3) is 4.34. The number of halogens is 2. The Labute approximate surface area is 205 Å². The minimum Gasteiger partial charge on any atom is -0.393 e. The maximum Gasteiger partial charge on any atom is 0.251 e. The predicted octanol–water partition coefficient (Wildman–Crippen LogP) is 6.97. The van der Waals surface area contributed by atoms with Crippen LogP contribution in [0.4, 0.5) is 8.78 Å². The smallest absolute Gasteiger partial charge is 0.251 e. The SMILES string of the molecule is C[C@H](CCCC(C)(C)O)[C@H]1CC[C@H]2[C@H]3[C@H](CC[C@]12C)[C@@]1(C)CC[C@H](O)C(CC#N)[C@@H]1CC3(F)F. The quantitative estimate of drug-likeness (QED) is 0.432. The maximum absolute atomic E-state index is 16.1. The lowest BCUT2D eigenvalue weighted by atomic mass is 9.42. The van der Waals surface area contributed by atoms with Gasteiger partial charge >= 0.3 is 0 Å². The fourth-order valence-electron chi connectivity index (χ4n) is 9.77. The summed E-state index contributed by atoms with van der Waals surface area (Å²) in [6, 6.07) is 2.18. The molecule has 194 valence electrons. The molecule has 1 unspecified atom stereocenters. The van der Waals surface area contributed by atoms with Gasteiger partial charge in [-0.05, 0) is 99.2 Å². The summed E-state index contributed by atoms with van der Waals surface area (Å²) in [5.41, 5.74) is -0.889. The number of alkyl halides is 2. The van der Waals surface area contributed by atoms with Gasteiger partial charge in [-0.2, -0.15) is 5.26 Å². The molecule has 4 saturated carbocycles. The Morgan fingerprint density at radius 2 is 1.68 bits per heavy atom. The second-order valence-electron chi connectivity index (χ2n) is 13.9. The van der Waals surface area contributed by atoms with Crippen molar-refractivity contribution in [2.75, 3.05) is 0 Å². The Hall–Kier alpha value is -0.730. The van der Waals surface area contributed by atoms with Gasteiger partial charge in [0.15, 0.2) is 0 Å². The second-order valence-corrected chi connectivity index (χ2v) is 13.9. The molecule has 34 heavy (non-hydrogen) atoms. The van der Waals surface area contributed by atoms with Gasteiger partial charge in [0.25, 0.3) is 5.92 Å². The summed E-state index contributed by atoms with van der Waals surface area (Å²) in [7, 11) is 0. The molecule has 0 aromatic carbocycles. The fraction of sp³-hybridized carbons (Fsp3) is 0.966. The lowest BCUT2D eigenvalue weighted by molar-refractivity contribution is -0.249. The third-order valence-electron chi connectivity index (χ3n) is 11.5. The van der Waals surface area contributed by atoms with Crippen LogP contribution in [0.5, 0.6) is 0 Å². The topological polar surface area (TPSA) is 64.2 Å². The number of hydrogen-bond donors (Lipinski definition) is 2. The molecule has 0 aromatic heterocycles. The highest BCUT2D eigenvalue weighted by molar-refractivity contribution is 5.15. The van der Waals surface area contributed by atoms with E-state index in [-0.39, 0.29) is 47.3 Å². The van der Waals surface area contributed by atoms with Gasteiger partial charge in [0, 0.05) is 24.7 Å². The number of nitrogens with zero attached hydrogens (tertiary/aromatic N) is 1. The van der Waals surface area contributed by atoms with E-state index in [4.69, 9.17) is 0 Å². The number of hydrogen-bond acceptors (Lipinski definition) is 3. The molecule has 0 spiro atoms. The molecule has 4 aliphatic carbocycles. The molecule has 0 bridgehead atoms. The zero-order chi connectivity index (χ0) is 25.1. The van der Waals surface area contributed by atoms with E-state index in [0.29, 0.717) is 18.3 Å². The van der Waals surface area contributed by atoms with Crippen molar-refractivity contribution in [1.82, 2.24) is 0 Å². The summed E-state index contributed by atoms with van der Waals surface area (Å²) in [6.45, 7) is 10.5. The second kappa shape index (κ2) is 8.98. The lowest BCUT2D eigenvalue weighted by Crippen LogP contribution is -2.62. The first kappa shape index (κ1) is 26.3. The van der Waals surface area contributed by atoms with Crippen molar-refractivity contribution in [2.24, 2.45) is 52.3 Å². The van der Waals surface area contributed by atoms with Crippen molar-refractivity contribution in [3.8, 4) is 6.07 Å². The number of rotatable bonds is 6. The zero-order valence-electron chi connectivity index (χ0n) is 22.0. The van der Waals surface area contributed by atoms with Gasteiger partial charge in [0.05, 0.1) is 17.8 Å². The molecular weight excluding hydrogens is 432 g/mol. The lowest BCUT2D eigenvalue weighted by Gasteiger charge is -2.64. The van der Waals surface area contributed by atoms with Crippen molar-refractivity contribution in [3.63, 3.8) is 0 Å². The highest BCUT2D eigenvalue weighted by Gasteiger charge is 2.69. The predicted molar refractivity (Wildman–Crippen MR) is 130 cm³/mol. The van der Waals surface area contributed by atoms with Crippen LogP contribution in [0.25, 0.3) is 0 Å². The van der Waals surface area contributed by atoms with E-state index in [1.54, 1.807) is 0 Å². The summed E-state index contributed by atoms with van der Waals surface area (Å²) in [5, 5.41) is 30.1. The van der Waals surface area contributed by atoms with Crippen LogP contribution < -0.4 is 0 Å². The summed E-state index contributed by atoms with van der Waals surface area (Å²) in [4.78, 5) is 0. The van der Waals surface area contributed by atoms with Gasteiger partial charge < -0.3 is 10.2 Å². The molecule has 10 atom stereocenters. The average Bonchev–Trinajstić information content (AvgIpc) is 3.08. The number of aliphatic hydroxyl groups is 2. The molecule has 0 amide bonds. The molecule has 0 saturated heterocycles. The molecule has 4 fully saturated rings. The van der Waals surface area contributed by atoms with E-state index in [2.05, 4.69) is 26.8 Å². The van der Waals surface area contributed by atoms with Crippen LogP contribution in [0.3, 0.4) is 0 Å². The van der Waals surface area contributed by atoms with Crippen molar-refractivity contribution >= 4 is 0 Å². The van der Waals surface area contributed by atoms with Gasteiger partial charge in [-0.25, -0.2) is 8.78 Å². The Kier molecular flexibility index (Phi) is 6.96. The van der Waals surface area contributed by atoms with Crippen LogP contribution in [0.15, 0.2) is 0 Å². The summed E-state index contributed by atoms with van der Waals surface area (Å²) < 4.78 is 32.2. The van der Waals surface area contributed by atoms with Gasteiger partial charge in [0.1, 0.15) is 0 Å². The monoisotopic (exact) mass is 479 g/mol. The number of aliphatic hydroxyl groups excluding tert-OH is 1. The van der Waals surface area contributed by atoms with E-state index in [0.717, 1.165) is 51.4 Å².